The molecule has 0 spiro atoms. The van der Waals surface area contributed by atoms with Crippen LogP contribution in [-0.4, -0.2) is 25.8 Å². The minimum atomic E-state index is -0.245. The molecule has 0 atom stereocenters. The lowest BCUT2D eigenvalue weighted by Gasteiger charge is -2.13. The Balaban J connectivity index is 1.58. The van der Waals surface area contributed by atoms with Crippen molar-refractivity contribution in [1.82, 2.24) is 14.8 Å². The Kier molecular flexibility index (Phi) is 5.41. The molecule has 0 unspecified atom stereocenters. The van der Waals surface area contributed by atoms with Crippen molar-refractivity contribution in [2.24, 2.45) is 7.05 Å². The molecule has 0 aliphatic carbocycles. The first-order chi connectivity index (χ1) is 14.9. The average molecular weight is 414 g/mol. The van der Waals surface area contributed by atoms with Crippen LogP contribution in [0.3, 0.4) is 0 Å². The Morgan fingerprint density at radius 1 is 1.03 bits per heavy atom. The second kappa shape index (κ2) is 8.31. The third kappa shape index (κ3) is 4.40. The van der Waals surface area contributed by atoms with Crippen molar-refractivity contribution in [3.63, 3.8) is 0 Å². The molecule has 0 bridgehead atoms. The number of nitrogens with one attached hydrogen (secondary N) is 1. The van der Waals surface area contributed by atoms with Crippen LogP contribution in [0, 0.1) is 13.8 Å². The van der Waals surface area contributed by atoms with Gasteiger partial charge in [0.05, 0.1) is 11.4 Å². The third-order valence-corrected chi connectivity index (χ3v) is 4.84. The Bertz CT molecular complexity index is 1250. The molecule has 2 heterocycles. The number of ether oxygens (including phenoxy) is 1. The van der Waals surface area contributed by atoms with Gasteiger partial charge in [0.2, 0.25) is 0 Å². The highest BCUT2D eigenvalue weighted by Gasteiger charge is 2.14. The van der Waals surface area contributed by atoms with Crippen molar-refractivity contribution >= 4 is 11.6 Å². The second-order valence-corrected chi connectivity index (χ2v) is 7.22. The highest BCUT2D eigenvalue weighted by atomic mass is 16.5. The minimum absolute atomic E-state index is 0.120. The van der Waals surface area contributed by atoms with Crippen molar-refractivity contribution in [2.45, 2.75) is 13.8 Å². The smallest absolute Gasteiger partial charge is 0.273 e. The number of nitrogens with zero attached hydrogens (tertiary/aromatic N) is 3. The first-order valence-corrected chi connectivity index (χ1v) is 9.75. The summed E-state index contributed by atoms with van der Waals surface area (Å²) in [6, 6.07) is 17.7. The summed E-state index contributed by atoms with van der Waals surface area (Å²) in [6.45, 7) is 3.75. The number of pyridine rings is 1. The van der Waals surface area contributed by atoms with Crippen molar-refractivity contribution in [1.29, 1.82) is 0 Å². The van der Waals surface area contributed by atoms with Gasteiger partial charge in [0.15, 0.2) is 0 Å². The van der Waals surface area contributed by atoms with Gasteiger partial charge in [0.1, 0.15) is 22.9 Å². The van der Waals surface area contributed by atoms with Crippen LogP contribution in [0.25, 0.3) is 11.3 Å². The number of hydrogen-bond donors (Lipinski definition) is 2. The molecule has 1 amide bonds. The summed E-state index contributed by atoms with van der Waals surface area (Å²) in [5, 5.41) is 17.4. The number of amides is 1. The Morgan fingerprint density at radius 3 is 2.52 bits per heavy atom. The molecule has 156 valence electrons. The molecule has 0 fully saturated rings. The molecule has 0 aliphatic heterocycles. The lowest BCUT2D eigenvalue weighted by atomic mass is 10.1. The summed E-state index contributed by atoms with van der Waals surface area (Å²) < 4.78 is 7.55. The van der Waals surface area contributed by atoms with Crippen molar-refractivity contribution in [2.75, 3.05) is 5.32 Å². The average Bonchev–Trinajstić information content (AvgIpc) is 3.10. The van der Waals surface area contributed by atoms with Crippen LogP contribution in [0.1, 0.15) is 21.7 Å². The monoisotopic (exact) mass is 414 g/mol. The molecular formula is C24H22N4O3. The standard InChI is InChI=1S/C24H22N4O3/c1-15-7-8-18(14-21(15)26-24(30)22-12-16(2)27-28(22)3)31-17-9-10-23(29)19(13-17)20-6-4-5-11-25-20/h4-14,29H,1-3H3,(H,26,30). The van der Waals surface area contributed by atoms with E-state index in [1.807, 2.05) is 44.2 Å². The van der Waals surface area contributed by atoms with Gasteiger partial charge in [-0.3, -0.25) is 14.5 Å². The number of phenolic OH excluding ortho intramolecular Hbond substituents is 1. The van der Waals surface area contributed by atoms with E-state index in [9.17, 15) is 9.90 Å². The highest BCUT2D eigenvalue weighted by Crippen LogP contribution is 2.34. The molecule has 2 aromatic heterocycles. The molecule has 2 aromatic carbocycles. The van der Waals surface area contributed by atoms with Gasteiger partial charge in [0, 0.05) is 30.6 Å². The van der Waals surface area contributed by atoms with Gasteiger partial charge >= 0.3 is 0 Å². The number of benzene rings is 2. The molecule has 4 rings (SSSR count). The normalized spacial score (nSPS) is 10.7. The molecule has 0 radical (unpaired) electrons. The number of carbonyl (C=O) groups is 1. The van der Waals surface area contributed by atoms with E-state index >= 15 is 0 Å². The molecular weight excluding hydrogens is 392 g/mol. The van der Waals surface area contributed by atoms with Crippen molar-refractivity contribution in [3.8, 4) is 28.5 Å². The summed E-state index contributed by atoms with van der Waals surface area (Å²) in [6.07, 6.45) is 1.67. The van der Waals surface area contributed by atoms with Gasteiger partial charge < -0.3 is 15.2 Å². The van der Waals surface area contributed by atoms with Crippen LogP contribution in [-0.2, 0) is 7.05 Å². The van der Waals surface area contributed by atoms with Crippen LogP contribution in [0.4, 0.5) is 5.69 Å². The lowest BCUT2D eigenvalue weighted by molar-refractivity contribution is 0.101. The highest BCUT2D eigenvalue weighted by molar-refractivity contribution is 6.03. The first kappa shape index (κ1) is 20.2. The number of hydrogen-bond acceptors (Lipinski definition) is 5. The van der Waals surface area contributed by atoms with Gasteiger partial charge in [0.25, 0.3) is 5.91 Å². The van der Waals surface area contributed by atoms with E-state index in [0.717, 1.165) is 11.3 Å². The van der Waals surface area contributed by atoms with Gasteiger partial charge in [-0.2, -0.15) is 5.10 Å². The lowest BCUT2D eigenvalue weighted by Crippen LogP contribution is -2.16. The number of aromatic nitrogens is 3. The fraction of sp³-hybridized carbons (Fsp3) is 0.125. The van der Waals surface area contributed by atoms with E-state index in [1.165, 1.54) is 0 Å². The minimum Gasteiger partial charge on any atom is -0.507 e. The van der Waals surface area contributed by atoms with Crippen LogP contribution in [0.15, 0.2) is 66.9 Å². The third-order valence-electron chi connectivity index (χ3n) is 4.84. The number of phenols is 1. The van der Waals surface area contributed by atoms with E-state index < -0.39 is 0 Å². The largest absolute Gasteiger partial charge is 0.507 e. The van der Waals surface area contributed by atoms with E-state index in [1.54, 1.807) is 48.3 Å². The van der Waals surface area contributed by atoms with Crippen LogP contribution >= 0.6 is 0 Å². The first-order valence-electron chi connectivity index (χ1n) is 9.75. The predicted molar refractivity (Wildman–Crippen MR) is 118 cm³/mol. The molecule has 0 saturated heterocycles. The molecule has 7 nitrogen and oxygen atoms in total. The van der Waals surface area contributed by atoms with Crippen molar-refractivity contribution < 1.29 is 14.6 Å². The topological polar surface area (TPSA) is 89.3 Å². The summed E-state index contributed by atoms with van der Waals surface area (Å²) >= 11 is 0. The van der Waals surface area contributed by atoms with E-state index in [4.69, 9.17) is 4.74 Å². The predicted octanol–water partition coefficient (Wildman–Crippen LogP) is 4.85. The maximum atomic E-state index is 12.7. The molecule has 4 aromatic rings. The van der Waals surface area contributed by atoms with Gasteiger partial charge in [-0.25, -0.2) is 0 Å². The summed E-state index contributed by atoms with van der Waals surface area (Å²) in [5.74, 6) is 0.974. The number of aromatic hydroxyl groups is 1. The quantitative estimate of drug-likeness (QED) is 0.487. The van der Waals surface area contributed by atoms with E-state index in [2.05, 4.69) is 15.4 Å². The molecule has 0 saturated carbocycles. The number of anilines is 1. The summed E-state index contributed by atoms with van der Waals surface area (Å²) in [7, 11) is 1.73. The maximum Gasteiger partial charge on any atom is 0.273 e. The second-order valence-electron chi connectivity index (χ2n) is 7.22. The van der Waals surface area contributed by atoms with Gasteiger partial charge in [-0.1, -0.05) is 12.1 Å². The number of carbonyl (C=O) groups excluding carboxylic acids is 1. The van der Waals surface area contributed by atoms with Gasteiger partial charge in [-0.15, -0.1) is 0 Å². The summed E-state index contributed by atoms with van der Waals surface area (Å²) in [5.41, 5.74) is 4.02. The van der Waals surface area contributed by atoms with Gasteiger partial charge in [-0.05, 0) is 61.9 Å². The Hall–Kier alpha value is -4.13. The molecule has 2 N–H and O–H groups in total. The Labute approximate surface area is 180 Å². The number of aryl methyl sites for hydroxylation is 3. The van der Waals surface area contributed by atoms with Crippen molar-refractivity contribution in [3.05, 3.63) is 83.8 Å². The van der Waals surface area contributed by atoms with Crippen LogP contribution < -0.4 is 10.1 Å². The number of rotatable bonds is 5. The maximum absolute atomic E-state index is 12.7. The molecule has 31 heavy (non-hydrogen) atoms. The zero-order valence-corrected chi connectivity index (χ0v) is 17.5. The van der Waals surface area contributed by atoms with E-state index in [0.29, 0.717) is 34.1 Å². The zero-order valence-electron chi connectivity index (χ0n) is 17.5. The fourth-order valence-electron chi connectivity index (χ4n) is 3.25. The zero-order chi connectivity index (χ0) is 22.0. The summed E-state index contributed by atoms with van der Waals surface area (Å²) in [4.78, 5) is 16.9. The SMILES string of the molecule is Cc1cc(C(=O)Nc2cc(Oc3ccc(O)c(-c4ccccn4)c3)ccc2C)n(C)n1. The van der Waals surface area contributed by atoms with Crippen LogP contribution in [0.5, 0.6) is 17.2 Å². The molecule has 7 heteroatoms. The molecule has 0 aliphatic rings. The Morgan fingerprint density at radius 2 is 1.81 bits per heavy atom. The van der Waals surface area contributed by atoms with Crippen LogP contribution in [0.2, 0.25) is 0 Å². The van der Waals surface area contributed by atoms with E-state index in [-0.39, 0.29) is 11.7 Å². The fourth-order valence-corrected chi connectivity index (χ4v) is 3.25.